The highest BCUT2D eigenvalue weighted by molar-refractivity contribution is 9.09. The molecule has 4 aliphatic carbocycles. The third-order valence-electron chi connectivity index (χ3n) is 8.50. The van der Waals surface area contributed by atoms with Crippen molar-refractivity contribution in [3.63, 3.8) is 0 Å². The first-order chi connectivity index (χ1) is 10.4. The summed E-state index contributed by atoms with van der Waals surface area (Å²) in [6.45, 7) is 4.72. The van der Waals surface area contributed by atoms with E-state index in [2.05, 4.69) is 29.8 Å². The Labute approximate surface area is 142 Å². The van der Waals surface area contributed by atoms with Crippen LogP contribution in [0.1, 0.15) is 65.2 Å². The lowest BCUT2D eigenvalue weighted by atomic mass is 9.45. The molecule has 5 unspecified atom stereocenters. The molecule has 1 N–H and O–H groups in total. The molecule has 0 aromatic heterocycles. The summed E-state index contributed by atoms with van der Waals surface area (Å²) in [6.07, 6.45) is 8.25. The van der Waals surface area contributed by atoms with Gasteiger partial charge < -0.3 is 5.11 Å². The Bertz CT molecular complexity index is 457. The lowest BCUT2D eigenvalue weighted by Gasteiger charge is -2.60. The van der Waals surface area contributed by atoms with Crippen LogP contribution in [0.5, 0.6) is 0 Å². The van der Waals surface area contributed by atoms with Crippen molar-refractivity contribution in [2.24, 2.45) is 34.5 Å². The normalized spacial score (nSPS) is 61.2. The molecule has 0 bridgehead atoms. The van der Waals surface area contributed by atoms with Crippen molar-refractivity contribution >= 4 is 15.9 Å². The molecule has 3 heteroatoms. The molecule has 0 aromatic carbocycles. The van der Waals surface area contributed by atoms with E-state index in [1.54, 1.807) is 0 Å². The molecule has 4 rings (SSSR count). The van der Waals surface area contributed by atoms with Gasteiger partial charge in [0.15, 0.2) is 0 Å². The molecule has 0 saturated heterocycles. The van der Waals surface area contributed by atoms with Crippen LogP contribution < -0.4 is 0 Å². The van der Waals surface area contributed by atoms with Crippen LogP contribution in [0.25, 0.3) is 0 Å². The predicted molar refractivity (Wildman–Crippen MR) is 90.7 cm³/mol. The van der Waals surface area contributed by atoms with Gasteiger partial charge in [0.1, 0.15) is 6.17 Å². The molecule has 0 heterocycles. The number of rotatable bonds is 0. The van der Waals surface area contributed by atoms with Gasteiger partial charge in [-0.25, -0.2) is 4.39 Å². The quantitative estimate of drug-likeness (QED) is 0.586. The summed E-state index contributed by atoms with van der Waals surface area (Å²) < 4.78 is 14.8. The summed E-state index contributed by atoms with van der Waals surface area (Å²) in [6, 6.07) is 0. The van der Waals surface area contributed by atoms with Gasteiger partial charge in [0.05, 0.1) is 6.10 Å². The maximum atomic E-state index is 14.8. The van der Waals surface area contributed by atoms with Crippen LogP contribution in [-0.4, -0.2) is 22.2 Å². The molecule has 126 valence electrons. The molecule has 9 atom stereocenters. The van der Waals surface area contributed by atoms with Crippen molar-refractivity contribution in [2.75, 3.05) is 0 Å². The third-order valence-corrected chi connectivity index (χ3v) is 9.34. The number of hydrogen-bond donors (Lipinski definition) is 1. The molecule has 0 aliphatic heterocycles. The minimum absolute atomic E-state index is 0.0694. The van der Waals surface area contributed by atoms with Crippen molar-refractivity contribution < 1.29 is 9.50 Å². The van der Waals surface area contributed by atoms with Crippen LogP contribution in [0.2, 0.25) is 0 Å². The Morgan fingerprint density at radius 1 is 0.955 bits per heavy atom. The van der Waals surface area contributed by atoms with Gasteiger partial charge in [-0.1, -0.05) is 29.8 Å². The Hall–Kier alpha value is 0.370. The summed E-state index contributed by atoms with van der Waals surface area (Å²) in [5.74, 6) is 2.75. The van der Waals surface area contributed by atoms with Crippen molar-refractivity contribution in [3.8, 4) is 0 Å². The van der Waals surface area contributed by atoms with Gasteiger partial charge >= 0.3 is 0 Å². The Kier molecular flexibility index (Phi) is 3.74. The van der Waals surface area contributed by atoms with Crippen molar-refractivity contribution in [3.05, 3.63) is 0 Å². The predicted octanol–water partition coefficient (Wildman–Crippen LogP) is 5.10. The minimum Gasteiger partial charge on any atom is -0.393 e. The first-order valence-electron chi connectivity index (χ1n) is 9.32. The van der Waals surface area contributed by atoms with Crippen LogP contribution in [0.15, 0.2) is 0 Å². The van der Waals surface area contributed by atoms with Crippen molar-refractivity contribution in [1.29, 1.82) is 0 Å². The lowest BCUT2D eigenvalue weighted by Crippen LogP contribution is -2.54. The van der Waals surface area contributed by atoms with Gasteiger partial charge in [-0.05, 0) is 80.5 Å². The average Bonchev–Trinajstić information content (AvgIpc) is 2.72. The largest absolute Gasteiger partial charge is 0.393 e. The molecule has 22 heavy (non-hydrogen) atoms. The molecular weight excluding hydrogens is 343 g/mol. The smallest absolute Gasteiger partial charge is 0.118 e. The molecular formula is C19H30BrFO. The summed E-state index contributed by atoms with van der Waals surface area (Å²) in [5, 5.41) is 10.1. The first kappa shape index (κ1) is 15.9. The van der Waals surface area contributed by atoms with Crippen LogP contribution in [0.3, 0.4) is 0 Å². The number of alkyl halides is 2. The van der Waals surface area contributed by atoms with Crippen molar-refractivity contribution in [1.82, 2.24) is 0 Å². The highest BCUT2D eigenvalue weighted by Gasteiger charge is 2.62. The Balaban J connectivity index is 1.63. The van der Waals surface area contributed by atoms with E-state index in [9.17, 15) is 9.50 Å². The Morgan fingerprint density at radius 2 is 1.68 bits per heavy atom. The number of aliphatic hydroxyl groups excluding tert-OH is 1. The minimum atomic E-state index is -0.669. The average molecular weight is 373 g/mol. The summed E-state index contributed by atoms with van der Waals surface area (Å²) >= 11 is 3.63. The van der Waals surface area contributed by atoms with Crippen LogP contribution in [0.4, 0.5) is 4.39 Å². The second-order valence-corrected chi connectivity index (χ2v) is 10.5. The van der Waals surface area contributed by atoms with E-state index in [1.165, 1.54) is 25.7 Å². The lowest BCUT2D eigenvalue weighted by molar-refractivity contribution is -0.127. The topological polar surface area (TPSA) is 20.2 Å². The second kappa shape index (κ2) is 5.18. The maximum Gasteiger partial charge on any atom is 0.118 e. The standard InChI is InChI=1S/C19H30BrFO/c1-18-7-5-12(22)9-11(18)3-4-13-14(18)6-8-19(2)15(13)10-16(20)17(19)21/h11-17,22H,3-10H2,1-2H3/t11?,12-,13?,14?,15?,16+,17?,18-,19-/m0/s1. The maximum absolute atomic E-state index is 14.8. The highest BCUT2D eigenvalue weighted by Crippen LogP contribution is 2.67. The van der Waals surface area contributed by atoms with E-state index in [1.807, 2.05) is 0 Å². The number of hydrogen-bond acceptors (Lipinski definition) is 1. The fourth-order valence-electron chi connectivity index (χ4n) is 7.14. The van der Waals surface area contributed by atoms with Crippen molar-refractivity contribution in [2.45, 2.75) is 82.3 Å². The number of aliphatic hydroxyl groups is 1. The van der Waals surface area contributed by atoms with Gasteiger partial charge in [-0.2, -0.15) is 0 Å². The van der Waals surface area contributed by atoms with E-state index in [4.69, 9.17) is 0 Å². The molecule has 0 amide bonds. The monoisotopic (exact) mass is 372 g/mol. The second-order valence-electron chi connectivity index (χ2n) is 9.28. The van der Waals surface area contributed by atoms with Crippen LogP contribution in [-0.2, 0) is 0 Å². The first-order valence-corrected chi connectivity index (χ1v) is 10.2. The fourth-order valence-corrected chi connectivity index (χ4v) is 8.15. The van der Waals surface area contributed by atoms with Gasteiger partial charge in [0.2, 0.25) is 0 Å². The molecule has 0 aromatic rings. The zero-order valence-electron chi connectivity index (χ0n) is 13.9. The fraction of sp³-hybridized carbons (Fsp3) is 1.00. The number of fused-ring (bicyclic) bond motifs is 5. The van der Waals surface area contributed by atoms with Gasteiger partial charge in [0, 0.05) is 10.2 Å². The van der Waals surface area contributed by atoms with E-state index in [-0.39, 0.29) is 16.3 Å². The highest BCUT2D eigenvalue weighted by atomic mass is 79.9. The summed E-state index contributed by atoms with van der Waals surface area (Å²) in [5.41, 5.74) is 0.312. The van der Waals surface area contributed by atoms with Gasteiger partial charge in [-0.3, -0.25) is 0 Å². The van der Waals surface area contributed by atoms with E-state index >= 15 is 0 Å². The molecule has 4 saturated carbocycles. The summed E-state index contributed by atoms with van der Waals surface area (Å²) in [7, 11) is 0. The van der Waals surface area contributed by atoms with E-state index in [0.29, 0.717) is 17.3 Å². The van der Waals surface area contributed by atoms with Crippen LogP contribution in [0, 0.1) is 34.5 Å². The number of halogens is 2. The summed E-state index contributed by atoms with van der Waals surface area (Å²) in [4.78, 5) is 0.0694. The zero-order valence-corrected chi connectivity index (χ0v) is 15.5. The SMILES string of the molecule is C[C@]12CC[C@H](O)CC1CCC1C2CC[C@@]2(C)C1C[C@@H](Br)C2F. The van der Waals surface area contributed by atoms with Gasteiger partial charge in [0.25, 0.3) is 0 Å². The molecule has 0 radical (unpaired) electrons. The molecule has 1 nitrogen and oxygen atoms in total. The van der Waals surface area contributed by atoms with E-state index < -0.39 is 6.17 Å². The molecule has 4 aliphatic rings. The Morgan fingerprint density at radius 3 is 2.45 bits per heavy atom. The molecule has 0 spiro atoms. The van der Waals surface area contributed by atoms with Gasteiger partial charge in [-0.15, -0.1) is 0 Å². The molecule has 4 fully saturated rings. The zero-order chi connectivity index (χ0) is 15.7. The van der Waals surface area contributed by atoms with E-state index in [0.717, 1.165) is 37.5 Å². The third kappa shape index (κ3) is 2.03. The van der Waals surface area contributed by atoms with Crippen LogP contribution >= 0.6 is 15.9 Å².